The molecule has 1 aliphatic rings. The van der Waals surface area contributed by atoms with E-state index in [0.29, 0.717) is 35.9 Å². The Bertz CT molecular complexity index is 1400. The van der Waals surface area contributed by atoms with Gasteiger partial charge in [0.2, 0.25) is 0 Å². The van der Waals surface area contributed by atoms with Gasteiger partial charge in [-0.2, -0.15) is 5.10 Å². The highest BCUT2D eigenvalue weighted by molar-refractivity contribution is 8.01. The molecular formula is C30H36N6O2S2. The zero-order valence-corrected chi connectivity index (χ0v) is 25.1. The van der Waals surface area contributed by atoms with Gasteiger partial charge in [-0.15, -0.1) is 0 Å². The van der Waals surface area contributed by atoms with Gasteiger partial charge in [-0.05, 0) is 75.3 Å². The highest BCUT2D eigenvalue weighted by Gasteiger charge is 2.22. The maximum absolute atomic E-state index is 13.5. The summed E-state index contributed by atoms with van der Waals surface area (Å²) in [6.45, 7) is 11.3. The topological polar surface area (TPSA) is 81.1 Å². The maximum Gasteiger partial charge on any atom is 0.257 e. The van der Waals surface area contributed by atoms with Gasteiger partial charge in [0.05, 0.1) is 17.0 Å². The van der Waals surface area contributed by atoms with Gasteiger partial charge < -0.3 is 9.80 Å². The molecule has 0 saturated carbocycles. The van der Waals surface area contributed by atoms with Crippen LogP contribution in [0, 0.1) is 13.8 Å². The Labute approximate surface area is 244 Å². The number of aryl methyl sites for hydroxylation is 2. The minimum Gasteiger partial charge on any atom is -0.337 e. The lowest BCUT2D eigenvalue weighted by molar-refractivity contribution is 0.0760. The minimum absolute atomic E-state index is 0.0441. The summed E-state index contributed by atoms with van der Waals surface area (Å²) in [6, 6.07) is 11.7. The van der Waals surface area contributed by atoms with Crippen molar-refractivity contribution in [2.45, 2.75) is 35.9 Å². The minimum atomic E-state index is -0.183. The molecule has 1 fully saturated rings. The van der Waals surface area contributed by atoms with Gasteiger partial charge in [0, 0.05) is 48.4 Å². The van der Waals surface area contributed by atoms with E-state index in [1.54, 1.807) is 30.2 Å². The Kier molecular flexibility index (Phi) is 10.1. The summed E-state index contributed by atoms with van der Waals surface area (Å²) in [5, 5.41) is 9.84. The van der Waals surface area contributed by atoms with Crippen molar-refractivity contribution in [3.63, 3.8) is 0 Å². The number of carbonyl (C=O) groups excluding carboxylic acids is 2. The number of hydrogen-bond acceptors (Lipinski definition) is 8. The number of hydrazone groups is 1. The van der Waals surface area contributed by atoms with Crippen LogP contribution in [0.4, 0.5) is 5.13 Å². The second-order valence-corrected chi connectivity index (χ2v) is 12.4. The Balaban J connectivity index is 1.44. The van der Waals surface area contributed by atoms with E-state index in [9.17, 15) is 9.59 Å². The summed E-state index contributed by atoms with van der Waals surface area (Å²) in [5.74, 6) is -0.139. The van der Waals surface area contributed by atoms with Crippen molar-refractivity contribution in [1.29, 1.82) is 0 Å². The number of rotatable bonds is 9. The van der Waals surface area contributed by atoms with Crippen LogP contribution in [0.15, 0.2) is 69.5 Å². The Hall–Kier alpha value is -3.47. The van der Waals surface area contributed by atoms with Gasteiger partial charge in [-0.1, -0.05) is 47.9 Å². The van der Waals surface area contributed by atoms with Crippen molar-refractivity contribution in [3.05, 3.63) is 83.1 Å². The zero-order chi connectivity index (χ0) is 28.6. The number of hydrogen-bond donors (Lipinski definition) is 1. The van der Waals surface area contributed by atoms with Crippen LogP contribution >= 0.6 is 23.1 Å². The predicted octanol–water partition coefficient (Wildman–Crippen LogP) is 5.54. The van der Waals surface area contributed by atoms with Gasteiger partial charge >= 0.3 is 0 Å². The van der Waals surface area contributed by atoms with Crippen molar-refractivity contribution in [2.75, 3.05) is 45.6 Å². The third-order valence-electron chi connectivity index (χ3n) is 6.45. The Morgan fingerprint density at radius 1 is 1.15 bits per heavy atom. The Morgan fingerprint density at radius 2 is 1.98 bits per heavy atom. The van der Waals surface area contributed by atoms with E-state index in [-0.39, 0.29) is 11.8 Å². The third-order valence-corrected chi connectivity index (χ3v) is 8.62. The highest BCUT2D eigenvalue weighted by Crippen LogP contribution is 2.37. The molecule has 0 atom stereocenters. The van der Waals surface area contributed by atoms with Crippen LogP contribution < -0.4 is 5.32 Å². The molecule has 10 heteroatoms. The first-order valence-corrected chi connectivity index (χ1v) is 14.9. The fourth-order valence-corrected chi connectivity index (χ4v) is 6.46. The van der Waals surface area contributed by atoms with Crippen LogP contribution in [-0.4, -0.2) is 78.1 Å². The summed E-state index contributed by atoms with van der Waals surface area (Å²) in [6.07, 6.45) is 5.97. The number of amides is 2. The fraction of sp³-hybridized carbons (Fsp3) is 0.333. The molecule has 1 saturated heterocycles. The first kappa shape index (κ1) is 29.5. The van der Waals surface area contributed by atoms with Crippen LogP contribution in [0.3, 0.4) is 0 Å². The molecular weight excluding hydrogens is 541 g/mol. The lowest BCUT2D eigenvalue weighted by atomic mass is 10.0. The van der Waals surface area contributed by atoms with Crippen LogP contribution in [0.25, 0.3) is 0 Å². The molecule has 1 N–H and O–H groups in total. The molecule has 2 heterocycles. The number of allylic oxidation sites excluding steroid dienone is 1. The molecule has 0 unspecified atom stereocenters. The molecule has 3 aromatic rings. The van der Waals surface area contributed by atoms with Crippen LogP contribution in [0.5, 0.6) is 0 Å². The standard InChI is InChI=1S/C30H36N6O2S2/c1-6-11-32-36-13-8-12-35(14-15-36)29(38)25-18-26(22(3)16-21(25)2)39-27-19-31-30(40-27)33-28(37)24-10-7-9-23(17-24)20-34(4)5/h6-7,9-11,16-19H,1,8,12-15,20H2,2-5H3,(H,31,33,37)/b32-11-. The summed E-state index contributed by atoms with van der Waals surface area (Å²) in [7, 11) is 4.00. The quantitative estimate of drug-likeness (QED) is 0.337. The number of nitrogens with zero attached hydrogens (tertiary/aromatic N) is 5. The van der Waals surface area contributed by atoms with E-state index in [2.05, 4.69) is 39.9 Å². The number of carbonyl (C=O) groups is 2. The van der Waals surface area contributed by atoms with Crippen molar-refractivity contribution in [1.82, 2.24) is 19.8 Å². The Morgan fingerprint density at radius 3 is 2.75 bits per heavy atom. The highest BCUT2D eigenvalue weighted by atomic mass is 32.2. The van der Waals surface area contributed by atoms with Crippen molar-refractivity contribution >= 4 is 46.3 Å². The molecule has 0 spiro atoms. The predicted molar refractivity (Wildman–Crippen MR) is 165 cm³/mol. The largest absolute Gasteiger partial charge is 0.337 e. The number of anilines is 1. The lowest BCUT2D eigenvalue weighted by Gasteiger charge is -2.22. The molecule has 210 valence electrons. The van der Waals surface area contributed by atoms with E-state index in [0.717, 1.165) is 45.3 Å². The lowest BCUT2D eigenvalue weighted by Crippen LogP contribution is -2.34. The number of benzene rings is 2. The van der Waals surface area contributed by atoms with Gasteiger partial charge in [-0.25, -0.2) is 4.98 Å². The third kappa shape index (κ3) is 7.80. The van der Waals surface area contributed by atoms with Crippen molar-refractivity contribution in [3.8, 4) is 0 Å². The fourth-order valence-electron chi connectivity index (χ4n) is 4.52. The molecule has 4 rings (SSSR count). The average Bonchev–Trinajstić information content (AvgIpc) is 3.21. The second-order valence-electron chi connectivity index (χ2n) is 10.0. The van der Waals surface area contributed by atoms with Crippen molar-refractivity contribution < 1.29 is 9.59 Å². The molecule has 2 aromatic carbocycles. The molecule has 1 aromatic heterocycles. The molecule has 8 nitrogen and oxygen atoms in total. The van der Waals surface area contributed by atoms with Gasteiger partial charge in [-0.3, -0.25) is 19.9 Å². The summed E-state index contributed by atoms with van der Waals surface area (Å²) < 4.78 is 0.938. The van der Waals surface area contributed by atoms with Gasteiger partial charge in [0.25, 0.3) is 11.8 Å². The first-order chi connectivity index (χ1) is 19.2. The zero-order valence-electron chi connectivity index (χ0n) is 23.5. The van der Waals surface area contributed by atoms with E-state index in [1.807, 2.05) is 61.3 Å². The molecule has 1 aliphatic heterocycles. The second kappa shape index (κ2) is 13.7. The molecule has 0 radical (unpaired) electrons. The number of aromatic nitrogens is 1. The van der Waals surface area contributed by atoms with E-state index >= 15 is 0 Å². The van der Waals surface area contributed by atoms with Crippen LogP contribution in [0.2, 0.25) is 0 Å². The smallest absolute Gasteiger partial charge is 0.257 e. The monoisotopic (exact) mass is 576 g/mol. The molecule has 40 heavy (non-hydrogen) atoms. The SMILES string of the molecule is C=C/C=N\N1CCCN(C(=O)c2cc(Sc3cnc(NC(=O)c4cccc(CN(C)C)c4)s3)c(C)cc2C)CC1. The van der Waals surface area contributed by atoms with E-state index in [4.69, 9.17) is 0 Å². The van der Waals surface area contributed by atoms with E-state index in [1.165, 1.54) is 11.3 Å². The van der Waals surface area contributed by atoms with Crippen molar-refractivity contribution in [2.24, 2.45) is 5.10 Å². The normalized spacial score (nSPS) is 14.0. The number of nitrogens with one attached hydrogen (secondary N) is 1. The van der Waals surface area contributed by atoms with Gasteiger partial charge in [0.1, 0.15) is 0 Å². The summed E-state index contributed by atoms with van der Waals surface area (Å²) >= 11 is 2.98. The number of thiazole rings is 1. The molecule has 0 aliphatic carbocycles. The average molecular weight is 577 g/mol. The van der Waals surface area contributed by atoms with Gasteiger partial charge in [0.15, 0.2) is 5.13 Å². The van der Waals surface area contributed by atoms with E-state index < -0.39 is 0 Å². The maximum atomic E-state index is 13.5. The van der Waals surface area contributed by atoms with Crippen LogP contribution in [-0.2, 0) is 6.54 Å². The summed E-state index contributed by atoms with van der Waals surface area (Å²) in [4.78, 5) is 35.8. The molecule has 2 amide bonds. The van der Waals surface area contributed by atoms with Crippen LogP contribution in [0.1, 0.15) is 43.8 Å². The summed E-state index contributed by atoms with van der Waals surface area (Å²) in [5.41, 5.74) is 4.45. The molecule has 0 bridgehead atoms. The first-order valence-electron chi connectivity index (χ1n) is 13.2.